The summed E-state index contributed by atoms with van der Waals surface area (Å²) in [4.78, 5) is 16.0. The number of hydrogen-bond acceptors (Lipinski definition) is 3. The van der Waals surface area contributed by atoms with Crippen LogP contribution in [-0.2, 0) is 0 Å². The van der Waals surface area contributed by atoms with Crippen LogP contribution in [0.25, 0.3) is 0 Å². The van der Waals surface area contributed by atoms with Gasteiger partial charge in [-0.3, -0.25) is 4.98 Å². The second-order valence-electron chi connectivity index (χ2n) is 4.45. The van der Waals surface area contributed by atoms with Crippen LogP contribution in [0.15, 0.2) is 18.5 Å². The molecule has 1 amide bonds. The van der Waals surface area contributed by atoms with Crippen LogP contribution in [0, 0.1) is 5.92 Å². The van der Waals surface area contributed by atoms with Gasteiger partial charge in [0, 0.05) is 31.0 Å². The first-order chi connectivity index (χ1) is 8.59. The van der Waals surface area contributed by atoms with Crippen molar-refractivity contribution in [3.05, 3.63) is 29.0 Å². The van der Waals surface area contributed by atoms with Crippen LogP contribution in [0.3, 0.4) is 0 Å². The molecule has 1 saturated heterocycles. The lowest BCUT2D eigenvalue weighted by molar-refractivity contribution is 0.0575. The maximum absolute atomic E-state index is 10.8. The van der Waals surface area contributed by atoms with E-state index in [1.165, 1.54) is 11.1 Å². The summed E-state index contributed by atoms with van der Waals surface area (Å²) in [5.74, 6) is 0.0421. The Labute approximate surface area is 110 Å². The topological polar surface area (TPSA) is 73.7 Å². The number of nitrogens with zero attached hydrogens (tertiary/aromatic N) is 2. The summed E-state index contributed by atoms with van der Waals surface area (Å²) in [6, 6.07) is 1.70. The van der Waals surface area contributed by atoms with Gasteiger partial charge in [0.1, 0.15) is 0 Å². The van der Waals surface area contributed by atoms with E-state index in [0.29, 0.717) is 36.5 Å². The smallest absolute Gasteiger partial charge is 0.407 e. The van der Waals surface area contributed by atoms with Gasteiger partial charge in [-0.1, -0.05) is 11.6 Å². The third kappa shape index (κ3) is 2.73. The number of piperidine rings is 1. The second-order valence-corrected chi connectivity index (χ2v) is 4.86. The van der Waals surface area contributed by atoms with Crippen LogP contribution >= 0.6 is 11.6 Å². The highest BCUT2D eigenvalue weighted by atomic mass is 35.5. The first-order valence-electron chi connectivity index (χ1n) is 5.85. The average molecular weight is 271 g/mol. The standard InChI is InChI=1S/C12H15ClN2O3/c13-10-7-14-4-1-9(10)11(16)8-2-5-15(6-3-8)12(17)18/h1,4,7-8,11,16H,2-3,5-6H2,(H,17,18). The predicted octanol–water partition coefficient (Wildman–Crippen LogP) is 2.16. The molecule has 0 spiro atoms. The SMILES string of the molecule is O=C(O)N1CCC(C(O)c2ccncc2Cl)CC1. The van der Waals surface area contributed by atoms with Gasteiger partial charge < -0.3 is 15.1 Å². The Morgan fingerprint density at radius 2 is 2.17 bits per heavy atom. The summed E-state index contributed by atoms with van der Waals surface area (Å²) < 4.78 is 0. The molecular formula is C12H15ClN2O3. The third-order valence-corrected chi connectivity index (χ3v) is 3.69. The van der Waals surface area contributed by atoms with Gasteiger partial charge in [0.05, 0.1) is 11.1 Å². The van der Waals surface area contributed by atoms with Gasteiger partial charge in [0.2, 0.25) is 0 Å². The largest absolute Gasteiger partial charge is 0.465 e. The molecule has 0 aromatic carbocycles. The Kier molecular flexibility index (Phi) is 4.04. The van der Waals surface area contributed by atoms with Gasteiger partial charge in [0.15, 0.2) is 0 Å². The molecule has 1 aromatic heterocycles. The second kappa shape index (κ2) is 5.54. The Morgan fingerprint density at radius 3 is 2.72 bits per heavy atom. The van der Waals surface area contributed by atoms with Crippen molar-refractivity contribution in [3.8, 4) is 0 Å². The van der Waals surface area contributed by atoms with E-state index in [1.807, 2.05) is 0 Å². The number of halogens is 1. The van der Waals surface area contributed by atoms with E-state index in [2.05, 4.69) is 4.98 Å². The van der Waals surface area contributed by atoms with Crippen molar-refractivity contribution >= 4 is 17.7 Å². The number of hydrogen-bond donors (Lipinski definition) is 2. The lowest BCUT2D eigenvalue weighted by atomic mass is 9.88. The Balaban J connectivity index is 2.02. The number of rotatable bonds is 2. The number of likely N-dealkylation sites (tertiary alicyclic amines) is 1. The molecule has 0 aliphatic carbocycles. The van der Waals surface area contributed by atoms with Crippen molar-refractivity contribution in [2.24, 2.45) is 5.92 Å². The van der Waals surface area contributed by atoms with Crippen LogP contribution in [0.1, 0.15) is 24.5 Å². The summed E-state index contributed by atoms with van der Waals surface area (Å²) in [6.07, 6.45) is 2.84. The maximum atomic E-state index is 10.8. The molecular weight excluding hydrogens is 256 g/mol. The molecule has 1 atom stereocenters. The van der Waals surface area contributed by atoms with Crippen molar-refractivity contribution in [2.75, 3.05) is 13.1 Å². The zero-order chi connectivity index (χ0) is 13.1. The van der Waals surface area contributed by atoms with Crippen LogP contribution in [0.4, 0.5) is 4.79 Å². The fourth-order valence-electron chi connectivity index (χ4n) is 2.29. The van der Waals surface area contributed by atoms with Crippen LogP contribution in [0.5, 0.6) is 0 Å². The highest BCUT2D eigenvalue weighted by molar-refractivity contribution is 6.31. The first-order valence-corrected chi connectivity index (χ1v) is 6.22. The molecule has 98 valence electrons. The fourth-order valence-corrected chi connectivity index (χ4v) is 2.52. The summed E-state index contributed by atoms with van der Waals surface area (Å²) in [5, 5.41) is 19.6. The molecule has 1 aliphatic rings. The minimum Gasteiger partial charge on any atom is -0.465 e. The van der Waals surface area contributed by atoms with Gasteiger partial charge >= 0.3 is 6.09 Å². The molecule has 0 radical (unpaired) electrons. The van der Waals surface area contributed by atoms with E-state index in [9.17, 15) is 9.90 Å². The van der Waals surface area contributed by atoms with Gasteiger partial charge in [-0.15, -0.1) is 0 Å². The molecule has 5 nitrogen and oxygen atoms in total. The summed E-state index contributed by atoms with van der Waals surface area (Å²) >= 11 is 5.99. The number of amides is 1. The monoisotopic (exact) mass is 270 g/mol. The summed E-state index contributed by atoms with van der Waals surface area (Å²) in [5.41, 5.74) is 0.667. The molecule has 2 rings (SSSR count). The average Bonchev–Trinajstić information content (AvgIpc) is 2.38. The number of carboxylic acid groups (broad SMARTS) is 1. The van der Waals surface area contributed by atoms with Crippen molar-refractivity contribution in [1.82, 2.24) is 9.88 Å². The Morgan fingerprint density at radius 1 is 1.50 bits per heavy atom. The molecule has 1 unspecified atom stereocenters. The molecule has 0 saturated carbocycles. The zero-order valence-electron chi connectivity index (χ0n) is 9.79. The van der Waals surface area contributed by atoms with E-state index in [0.717, 1.165) is 0 Å². The molecule has 1 aromatic rings. The fraction of sp³-hybridized carbons (Fsp3) is 0.500. The van der Waals surface area contributed by atoms with Gasteiger partial charge in [-0.25, -0.2) is 4.79 Å². The lowest BCUT2D eigenvalue weighted by Gasteiger charge is -2.32. The van der Waals surface area contributed by atoms with Crippen molar-refractivity contribution < 1.29 is 15.0 Å². The van der Waals surface area contributed by atoms with Crippen LogP contribution in [0.2, 0.25) is 5.02 Å². The normalized spacial score (nSPS) is 18.7. The van der Waals surface area contributed by atoms with Gasteiger partial charge in [-0.2, -0.15) is 0 Å². The molecule has 2 heterocycles. The van der Waals surface area contributed by atoms with E-state index < -0.39 is 12.2 Å². The van der Waals surface area contributed by atoms with Crippen molar-refractivity contribution in [2.45, 2.75) is 18.9 Å². The lowest BCUT2D eigenvalue weighted by Crippen LogP contribution is -2.38. The highest BCUT2D eigenvalue weighted by Crippen LogP contribution is 2.33. The number of aliphatic hydroxyl groups excluding tert-OH is 1. The predicted molar refractivity (Wildman–Crippen MR) is 66.5 cm³/mol. The van der Waals surface area contributed by atoms with E-state index in [-0.39, 0.29) is 5.92 Å². The van der Waals surface area contributed by atoms with Crippen molar-refractivity contribution in [3.63, 3.8) is 0 Å². The van der Waals surface area contributed by atoms with E-state index >= 15 is 0 Å². The summed E-state index contributed by atoms with van der Waals surface area (Å²) in [7, 11) is 0. The Bertz CT molecular complexity index is 433. The first kappa shape index (κ1) is 13.1. The van der Waals surface area contributed by atoms with Crippen LogP contribution in [-0.4, -0.2) is 39.3 Å². The number of pyridine rings is 1. The molecule has 0 bridgehead atoms. The Hall–Kier alpha value is -1.33. The van der Waals surface area contributed by atoms with Crippen LogP contribution < -0.4 is 0 Å². The number of aromatic nitrogens is 1. The maximum Gasteiger partial charge on any atom is 0.407 e. The van der Waals surface area contributed by atoms with E-state index in [1.54, 1.807) is 12.3 Å². The molecule has 6 heteroatoms. The number of aliphatic hydroxyl groups is 1. The third-order valence-electron chi connectivity index (χ3n) is 3.38. The number of carbonyl (C=O) groups is 1. The quantitative estimate of drug-likeness (QED) is 0.864. The van der Waals surface area contributed by atoms with Gasteiger partial charge in [0.25, 0.3) is 0 Å². The highest BCUT2D eigenvalue weighted by Gasteiger charge is 2.28. The minimum absolute atomic E-state index is 0.0421. The van der Waals surface area contributed by atoms with Gasteiger partial charge in [-0.05, 0) is 24.8 Å². The van der Waals surface area contributed by atoms with Crippen molar-refractivity contribution in [1.29, 1.82) is 0 Å². The molecule has 1 fully saturated rings. The van der Waals surface area contributed by atoms with E-state index in [4.69, 9.17) is 16.7 Å². The molecule has 18 heavy (non-hydrogen) atoms. The minimum atomic E-state index is -0.898. The molecule has 1 aliphatic heterocycles. The summed E-state index contributed by atoms with van der Waals surface area (Å²) in [6.45, 7) is 0.916. The molecule has 2 N–H and O–H groups in total. The zero-order valence-corrected chi connectivity index (χ0v) is 10.5.